The quantitative estimate of drug-likeness (QED) is 0.666. The number of hydrogen-bond acceptors (Lipinski definition) is 2. The van der Waals surface area contributed by atoms with Crippen LogP contribution in [0.2, 0.25) is 0 Å². The van der Waals surface area contributed by atoms with E-state index in [4.69, 9.17) is 5.73 Å². The van der Waals surface area contributed by atoms with Gasteiger partial charge in [-0.25, -0.2) is 4.39 Å². The minimum absolute atomic E-state index is 0.0353. The molecule has 0 atom stereocenters. The molecule has 0 bridgehead atoms. The number of rotatable bonds is 5. The Morgan fingerprint density at radius 1 is 1.24 bits per heavy atom. The molecule has 2 amide bonds. The third-order valence-electron chi connectivity index (χ3n) is 3.91. The van der Waals surface area contributed by atoms with E-state index in [0.717, 1.165) is 31.5 Å². The summed E-state index contributed by atoms with van der Waals surface area (Å²) in [6.07, 6.45) is 1.49. The van der Waals surface area contributed by atoms with Crippen molar-refractivity contribution >= 4 is 11.8 Å². The first-order chi connectivity index (χ1) is 10.0. The Labute approximate surface area is 123 Å². The minimum atomic E-state index is -0.285. The lowest BCUT2D eigenvalue weighted by Crippen LogP contribution is -3.14. The average molecular weight is 294 g/mol. The first-order valence-electron chi connectivity index (χ1n) is 7.18. The van der Waals surface area contributed by atoms with E-state index < -0.39 is 0 Å². The summed E-state index contributed by atoms with van der Waals surface area (Å²) in [5.41, 5.74) is 6.15. The molecule has 0 aromatic heterocycles. The van der Waals surface area contributed by atoms with Crippen LogP contribution in [-0.4, -0.2) is 31.4 Å². The number of nitrogens with one attached hydrogen (secondary N) is 2. The smallest absolute Gasteiger partial charge is 0.275 e. The van der Waals surface area contributed by atoms with Crippen LogP contribution >= 0.6 is 0 Å². The molecule has 6 heteroatoms. The molecule has 0 aliphatic carbocycles. The number of primary amides is 1. The fourth-order valence-electron chi connectivity index (χ4n) is 2.58. The van der Waals surface area contributed by atoms with Gasteiger partial charge in [-0.3, -0.25) is 9.59 Å². The molecule has 5 nitrogen and oxygen atoms in total. The number of quaternary nitrogens is 1. The fourth-order valence-corrected chi connectivity index (χ4v) is 2.58. The van der Waals surface area contributed by atoms with Gasteiger partial charge in [0.1, 0.15) is 5.82 Å². The summed E-state index contributed by atoms with van der Waals surface area (Å²) in [5, 5.41) is 2.83. The van der Waals surface area contributed by atoms with Gasteiger partial charge in [0, 0.05) is 25.3 Å². The van der Waals surface area contributed by atoms with Crippen molar-refractivity contribution in [1.29, 1.82) is 0 Å². The number of nitrogens with two attached hydrogens (primary N) is 1. The van der Waals surface area contributed by atoms with Crippen LogP contribution in [-0.2, 0) is 16.1 Å². The molecule has 0 unspecified atom stereocenters. The van der Waals surface area contributed by atoms with Crippen molar-refractivity contribution in [2.45, 2.75) is 19.4 Å². The first-order valence-corrected chi connectivity index (χ1v) is 7.18. The van der Waals surface area contributed by atoms with Crippen LogP contribution in [0, 0.1) is 11.7 Å². The lowest BCUT2D eigenvalue weighted by molar-refractivity contribution is -0.897. The van der Waals surface area contributed by atoms with Gasteiger partial charge in [-0.15, -0.1) is 0 Å². The predicted molar refractivity (Wildman–Crippen MR) is 75.7 cm³/mol. The number of hydrogen-bond donors (Lipinski definition) is 3. The summed E-state index contributed by atoms with van der Waals surface area (Å²) in [5.74, 6) is -0.607. The zero-order valence-electron chi connectivity index (χ0n) is 11.9. The maximum absolute atomic E-state index is 12.8. The zero-order chi connectivity index (χ0) is 15.2. The van der Waals surface area contributed by atoms with Crippen molar-refractivity contribution in [2.24, 2.45) is 11.7 Å². The molecule has 1 aliphatic rings. The van der Waals surface area contributed by atoms with E-state index in [1.54, 1.807) is 12.1 Å². The number of piperidine rings is 1. The molecule has 0 spiro atoms. The molecule has 0 saturated carbocycles. The highest BCUT2D eigenvalue weighted by Gasteiger charge is 2.26. The number of benzene rings is 1. The van der Waals surface area contributed by atoms with Gasteiger partial charge in [0.2, 0.25) is 5.91 Å². The zero-order valence-corrected chi connectivity index (χ0v) is 11.9. The maximum atomic E-state index is 12.8. The van der Waals surface area contributed by atoms with Crippen LogP contribution in [0.3, 0.4) is 0 Å². The molecule has 4 N–H and O–H groups in total. The number of carbonyl (C=O) groups is 2. The fraction of sp³-hybridized carbons (Fsp3) is 0.467. The second-order valence-corrected chi connectivity index (χ2v) is 5.51. The monoisotopic (exact) mass is 294 g/mol. The van der Waals surface area contributed by atoms with E-state index >= 15 is 0 Å². The molecule has 1 aromatic carbocycles. The molecule has 1 aromatic rings. The Kier molecular flexibility index (Phi) is 5.27. The number of carbonyl (C=O) groups excluding carboxylic acids is 2. The normalized spacial score (nSPS) is 21.8. The first kappa shape index (κ1) is 15.4. The number of likely N-dealkylation sites (tertiary alicyclic amines) is 1. The Bertz CT molecular complexity index is 496. The molecule has 114 valence electrons. The van der Waals surface area contributed by atoms with Crippen LogP contribution < -0.4 is 16.0 Å². The van der Waals surface area contributed by atoms with E-state index in [2.05, 4.69) is 5.32 Å². The Morgan fingerprint density at radius 2 is 1.86 bits per heavy atom. The third kappa shape index (κ3) is 4.82. The van der Waals surface area contributed by atoms with Gasteiger partial charge in [-0.1, -0.05) is 12.1 Å². The summed E-state index contributed by atoms with van der Waals surface area (Å²) >= 11 is 0. The van der Waals surface area contributed by atoms with Gasteiger partial charge in [0.05, 0.1) is 13.1 Å². The highest BCUT2D eigenvalue weighted by atomic mass is 19.1. The lowest BCUT2D eigenvalue weighted by Gasteiger charge is -2.27. The SMILES string of the molecule is NC(=O)C1CC[NH+](CC(=O)NCc2ccc(F)cc2)CC1. The van der Waals surface area contributed by atoms with E-state index in [0.29, 0.717) is 13.1 Å². The van der Waals surface area contributed by atoms with E-state index in [1.165, 1.54) is 17.0 Å². The van der Waals surface area contributed by atoms with Crippen molar-refractivity contribution < 1.29 is 18.9 Å². The predicted octanol–water partition coefficient (Wildman–Crippen LogP) is -0.778. The second-order valence-electron chi connectivity index (χ2n) is 5.51. The maximum Gasteiger partial charge on any atom is 0.275 e. The van der Waals surface area contributed by atoms with Crippen molar-refractivity contribution in [1.82, 2.24) is 5.32 Å². The van der Waals surface area contributed by atoms with Crippen molar-refractivity contribution in [3.05, 3.63) is 35.6 Å². The van der Waals surface area contributed by atoms with E-state index in [-0.39, 0.29) is 23.5 Å². The van der Waals surface area contributed by atoms with Gasteiger partial charge in [-0.2, -0.15) is 0 Å². The largest absolute Gasteiger partial charge is 0.369 e. The van der Waals surface area contributed by atoms with Gasteiger partial charge in [0.15, 0.2) is 6.54 Å². The van der Waals surface area contributed by atoms with Gasteiger partial charge in [0.25, 0.3) is 5.91 Å². The Balaban J connectivity index is 1.70. The molecule has 1 aliphatic heterocycles. The van der Waals surface area contributed by atoms with Crippen LogP contribution in [0.5, 0.6) is 0 Å². The standard InChI is InChI=1S/C15H20FN3O2/c16-13-3-1-11(2-4-13)9-18-14(20)10-19-7-5-12(6-8-19)15(17)21/h1-4,12H,5-10H2,(H2,17,21)(H,18,20)/p+1. The summed E-state index contributed by atoms with van der Waals surface area (Å²) < 4.78 is 12.8. The van der Waals surface area contributed by atoms with Crippen LogP contribution in [0.15, 0.2) is 24.3 Å². The molecule has 1 heterocycles. The summed E-state index contributed by atoms with van der Waals surface area (Å²) in [6, 6.07) is 6.06. The topological polar surface area (TPSA) is 76.6 Å². The molecule has 0 radical (unpaired) electrons. The van der Waals surface area contributed by atoms with Crippen molar-refractivity contribution in [2.75, 3.05) is 19.6 Å². The molecular weight excluding hydrogens is 273 g/mol. The molecule has 2 rings (SSSR count). The molecular formula is C15H21FN3O2+. The summed E-state index contributed by atoms with van der Waals surface area (Å²) in [7, 11) is 0. The summed E-state index contributed by atoms with van der Waals surface area (Å²) in [4.78, 5) is 24.1. The van der Waals surface area contributed by atoms with Gasteiger partial charge >= 0.3 is 0 Å². The number of amides is 2. The number of halogens is 1. The second kappa shape index (κ2) is 7.17. The highest BCUT2D eigenvalue weighted by Crippen LogP contribution is 2.07. The van der Waals surface area contributed by atoms with E-state index in [9.17, 15) is 14.0 Å². The Hall–Kier alpha value is -1.95. The molecule has 21 heavy (non-hydrogen) atoms. The minimum Gasteiger partial charge on any atom is -0.369 e. The molecule has 1 saturated heterocycles. The third-order valence-corrected chi connectivity index (χ3v) is 3.91. The summed E-state index contributed by atoms with van der Waals surface area (Å²) in [6.45, 7) is 2.37. The highest BCUT2D eigenvalue weighted by molar-refractivity contribution is 5.77. The van der Waals surface area contributed by atoms with Gasteiger partial charge < -0.3 is 16.0 Å². The molecule has 1 fully saturated rings. The van der Waals surface area contributed by atoms with Crippen molar-refractivity contribution in [3.63, 3.8) is 0 Å². The van der Waals surface area contributed by atoms with Crippen LogP contribution in [0.25, 0.3) is 0 Å². The van der Waals surface area contributed by atoms with E-state index in [1.807, 2.05) is 0 Å². The van der Waals surface area contributed by atoms with Gasteiger partial charge in [-0.05, 0) is 17.7 Å². The van der Waals surface area contributed by atoms with Crippen molar-refractivity contribution in [3.8, 4) is 0 Å². The lowest BCUT2D eigenvalue weighted by atomic mass is 9.96. The van der Waals surface area contributed by atoms with Crippen LogP contribution in [0.1, 0.15) is 18.4 Å². The van der Waals surface area contributed by atoms with Crippen LogP contribution in [0.4, 0.5) is 4.39 Å². The Morgan fingerprint density at radius 3 is 2.43 bits per heavy atom. The average Bonchev–Trinajstić information content (AvgIpc) is 2.47.